The Morgan fingerprint density at radius 3 is 2.47 bits per heavy atom. The molecule has 1 saturated heterocycles. The molecule has 0 amide bonds. The molecule has 0 radical (unpaired) electrons. The zero-order valence-electron chi connectivity index (χ0n) is 20.8. The van der Waals surface area contributed by atoms with Gasteiger partial charge in [-0.2, -0.15) is 5.10 Å². The van der Waals surface area contributed by atoms with Crippen molar-refractivity contribution in [3.63, 3.8) is 0 Å². The van der Waals surface area contributed by atoms with E-state index < -0.39 is 0 Å². The van der Waals surface area contributed by atoms with E-state index in [2.05, 4.69) is 54.4 Å². The van der Waals surface area contributed by atoms with E-state index in [0.29, 0.717) is 5.88 Å². The second-order valence-corrected chi connectivity index (χ2v) is 9.70. The molecule has 0 spiro atoms. The first kappa shape index (κ1) is 22.8. The third kappa shape index (κ3) is 4.60. The summed E-state index contributed by atoms with van der Waals surface area (Å²) in [6, 6.07) is 17.5. The molecule has 3 aromatic heterocycles. The average Bonchev–Trinajstić information content (AvgIpc) is 3.45. The van der Waals surface area contributed by atoms with Crippen LogP contribution in [0.5, 0.6) is 5.88 Å². The van der Waals surface area contributed by atoms with Crippen molar-refractivity contribution < 1.29 is 4.74 Å². The molecule has 4 aromatic rings. The van der Waals surface area contributed by atoms with Gasteiger partial charge in [-0.1, -0.05) is 19.3 Å². The van der Waals surface area contributed by atoms with Gasteiger partial charge in [-0.05, 0) is 55.3 Å². The van der Waals surface area contributed by atoms with Crippen LogP contribution in [0.25, 0.3) is 16.9 Å². The lowest BCUT2D eigenvalue weighted by Crippen LogP contribution is -2.50. The largest absolute Gasteiger partial charge is 0.481 e. The van der Waals surface area contributed by atoms with E-state index >= 15 is 0 Å². The zero-order chi connectivity index (χ0) is 24.3. The summed E-state index contributed by atoms with van der Waals surface area (Å²) in [5.74, 6) is 0.568. The van der Waals surface area contributed by atoms with Crippen molar-refractivity contribution in [2.24, 2.45) is 0 Å². The number of anilines is 3. The number of rotatable bonds is 6. The van der Waals surface area contributed by atoms with E-state index in [1.54, 1.807) is 19.6 Å². The summed E-state index contributed by atoms with van der Waals surface area (Å²) in [5.41, 5.74) is 5.90. The minimum Gasteiger partial charge on any atom is -0.481 e. The molecule has 0 atom stereocenters. The minimum absolute atomic E-state index is 0.568. The first-order valence-electron chi connectivity index (χ1n) is 13.0. The third-order valence-electron chi connectivity index (χ3n) is 7.58. The number of fused-ring (bicyclic) bond motifs is 1. The molecule has 2 fully saturated rings. The Hall–Kier alpha value is -3.65. The van der Waals surface area contributed by atoms with E-state index in [-0.39, 0.29) is 0 Å². The van der Waals surface area contributed by atoms with Crippen molar-refractivity contribution in [3.05, 3.63) is 61.1 Å². The smallest absolute Gasteiger partial charge is 0.213 e. The molecule has 8 nitrogen and oxygen atoms in total. The lowest BCUT2D eigenvalue weighted by molar-refractivity contribution is 0.148. The lowest BCUT2D eigenvalue weighted by atomic mass is 9.94. The van der Waals surface area contributed by atoms with Crippen LogP contribution in [0, 0.1) is 0 Å². The van der Waals surface area contributed by atoms with Gasteiger partial charge >= 0.3 is 0 Å². The number of nitrogens with zero attached hydrogens (tertiary/aromatic N) is 6. The van der Waals surface area contributed by atoms with Gasteiger partial charge in [0.1, 0.15) is 6.33 Å². The van der Waals surface area contributed by atoms with Crippen LogP contribution in [0.15, 0.2) is 61.1 Å². The molecule has 8 heteroatoms. The van der Waals surface area contributed by atoms with Gasteiger partial charge in [0, 0.05) is 61.4 Å². The van der Waals surface area contributed by atoms with Crippen molar-refractivity contribution >= 4 is 22.7 Å². The molecular formula is C28H33N7O. The van der Waals surface area contributed by atoms with Crippen LogP contribution in [0.2, 0.25) is 0 Å². The molecule has 1 N–H and O–H groups in total. The summed E-state index contributed by atoms with van der Waals surface area (Å²) in [5, 5.41) is 7.99. The van der Waals surface area contributed by atoms with Crippen molar-refractivity contribution in [3.8, 4) is 17.1 Å². The van der Waals surface area contributed by atoms with Crippen molar-refractivity contribution in [1.29, 1.82) is 0 Å². The van der Waals surface area contributed by atoms with Crippen LogP contribution < -0.4 is 15.0 Å². The maximum Gasteiger partial charge on any atom is 0.213 e. The molecule has 4 heterocycles. The standard InChI is InChI=1S/C28H33N7O/c1-36-27-19-21(13-14-29-27)26-12-11-25(28-30-20-31-35(26)28)32-22-7-9-24(10-8-22)34-17-15-33(16-18-34)23-5-3-2-4-6-23/h7-14,19-20,23,32H,2-6,15-18H2,1H3. The van der Waals surface area contributed by atoms with Crippen LogP contribution >= 0.6 is 0 Å². The predicted octanol–water partition coefficient (Wildman–Crippen LogP) is 5.00. The molecular weight excluding hydrogens is 450 g/mol. The van der Waals surface area contributed by atoms with Gasteiger partial charge in [-0.3, -0.25) is 4.90 Å². The van der Waals surface area contributed by atoms with Gasteiger partial charge in [0.15, 0.2) is 5.65 Å². The number of aromatic nitrogens is 4. The molecule has 1 aliphatic carbocycles. The van der Waals surface area contributed by atoms with Crippen molar-refractivity contribution in [1.82, 2.24) is 24.5 Å². The molecule has 36 heavy (non-hydrogen) atoms. The van der Waals surface area contributed by atoms with Gasteiger partial charge in [-0.25, -0.2) is 14.5 Å². The van der Waals surface area contributed by atoms with Gasteiger partial charge in [0.05, 0.1) is 18.5 Å². The minimum atomic E-state index is 0.568. The maximum atomic E-state index is 5.28. The van der Waals surface area contributed by atoms with E-state index in [1.165, 1.54) is 50.9 Å². The number of hydrogen-bond donors (Lipinski definition) is 1. The van der Waals surface area contributed by atoms with E-state index in [1.807, 2.05) is 28.8 Å². The molecule has 1 aromatic carbocycles. The Morgan fingerprint density at radius 1 is 0.889 bits per heavy atom. The number of hydrogen-bond acceptors (Lipinski definition) is 7. The second-order valence-electron chi connectivity index (χ2n) is 9.70. The number of ether oxygens (including phenoxy) is 1. The predicted molar refractivity (Wildman–Crippen MR) is 143 cm³/mol. The Labute approximate surface area is 211 Å². The molecule has 1 saturated carbocycles. The lowest BCUT2D eigenvalue weighted by Gasteiger charge is -2.41. The fourth-order valence-electron chi connectivity index (χ4n) is 5.61. The molecule has 0 bridgehead atoms. The summed E-state index contributed by atoms with van der Waals surface area (Å²) in [6.45, 7) is 4.55. The first-order valence-corrected chi connectivity index (χ1v) is 13.0. The van der Waals surface area contributed by atoms with Crippen LogP contribution in [-0.4, -0.2) is 63.8 Å². The number of piperazine rings is 1. The fourth-order valence-corrected chi connectivity index (χ4v) is 5.61. The molecule has 2 aliphatic rings. The maximum absolute atomic E-state index is 5.28. The van der Waals surface area contributed by atoms with Crippen LogP contribution in [0.4, 0.5) is 17.1 Å². The SMILES string of the molecule is COc1cc(-c2ccc(Nc3ccc(N4CCN(C5CCCCC5)CC4)cc3)c3ncnn23)ccn1. The topological polar surface area (TPSA) is 70.8 Å². The van der Waals surface area contributed by atoms with Crippen molar-refractivity contribution in [2.75, 3.05) is 43.5 Å². The number of pyridine rings is 2. The highest BCUT2D eigenvalue weighted by Crippen LogP contribution is 2.29. The van der Waals surface area contributed by atoms with Crippen LogP contribution in [0.3, 0.4) is 0 Å². The Bertz CT molecular complexity index is 1310. The van der Waals surface area contributed by atoms with Crippen LogP contribution in [0.1, 0.15) is 32.1 Å². The Balaban J connectivity index is 1.14. The summed E-state index contributed by atoms with van der Waals surface area (Å²) in [6.07, 6.45) is 10.3. The van der Waals surface area contributed by atoms with Gasteiger partial charge in [0.25, 0.3) is 0 Å². The fraction of sp³-hybridized carbons (Fsp3) is 0.393. The second kappa shape index (κ2) is 10.1. The van der Waals surface area contributed by atoms with Crippen molar-refractivity contribution in [2.45, 2.75) is 38.1 Å². The van der Waals surface area contributed by atoms with E-state index in [9.17, 15) is 0 Å². The van der Waals surface area contributed by atoms with Gasteiger partial charge in [-0.15, -0.1) is 0 Å². The summed E-state index contributed by atoms with van der Waals surface area (Å²) < 4.78 is 7.13. The molecule has 1 aliphatic heterocycles. The summed E-state index contributed by atoms with van der Waals surface area (Å²) in [7, 11) is 1.62. The molecule has 6 rings (SSSR count). The first-order chi connectivity index (χ1) is 17.8. The Morgan fingerprint density at radius 2 is 1.69 bits per heavy atom. The van der Waals surface area contributed by atoms with Gasteiger partial charge in [0.2, 0.25) is 5.88 Å². The molecule has 186 valence electrons. The monoisotopic (exact) mass is 483 g/mol. The zero-order valence-corrected chi connectivity index (χ0v) is 20.8. The van der Waals surface area contributed by atoms with Gasteiger partial charge < -0.3 is 15.0 Å². The van der Waals surface area contributed by atoms with E-state index in [0.717, 1.165) is 47.4 Å². The highest BCUT2D eigenvalue weighted by molar-refractivity contribution is 5.78. The normalized spacial score (nSPS) is 17.4. The van der Waals surface area contributed by atoms with E-state index in [4.69, 9.17) is 4.74 Å². The number of nitrogens with one attached hydrogen (secondary N) is 1. The highest BCUT2D eigenvalue weighted by atomic mass is 16.5. The quantitative estimate of drug-likeness (QED) is 0.414. The summed E-state index contributed by atoms with van der Waals surface area (Å²) in [4.78, 5) is 13.9. The molecule has 0 unspecified atom stereocenters. The number of methoxy groups -OCH3 is 1. The number of benzene rings is 1. The highest BCUT2D eigenvalue weighted by Gasteiger charge is 2.25. The van der Waals surface area contributed by atoms with Crippen LogP contribution in [-0.2, 0) is 0 Å². The average molecular weight is 484 g/mol. The Kier molecular flexibility index (Phi) is 6.42. The third-order valence-corrected chi connectivity index (χ3v) is 7.58. The summed E-state index contributed by atoms with van der Waals surface area (Å²) >= 11 is 0.